The van der Waals surface area contributed by atoms with Gasteiger partial charge < -0.3 is 15.2 Å². The maximum Gasteiger partial charge on any atom is 0.226 e. The molecule has 0 radical (unpaired) electrons. The molecule has 286 valence electrons. The number of Topliss-reactive ketones (excluding diaryl/α,β-unsaturated/α-hetero) is 1. The third-order valence-corrected chi connectivity index (χ3v) is 16.6. The van der Waals surface area contributed by atoms with Crippen LogP contribution >= 0.6 is 34.8 Å². The van der Waals surface area contributed by atoms with Crippen LogP contribution in [0.3, 0.4) is 0 Å². The molecule has 0 unspecified atom stereocenters. The molecule has 1 amide bonds. The molecule has 10 heteroatoms. The largest absolute Gasteiger partial charge is 0.457 e. The van der Waals surface area contributed by atoms with Crippen molar-refractivity contribution < 1.29 is 24.2 Å². The molecule has 3 fully saturated rings. The van der Waals surface area contributed by atoms with Gasteiger partial charge in [-0.15, -0.1) is 0 Å². The molecular weight excluding hydrogens is 743 g/mol. The molecule has 0 aliphatic heterocycles. The highest BCUT2D eigenvalue weighted by Crippen LogP contribution is 2.75. The van der Waals surface area contributed by atoms with E-state index < -0.39 is 38.6 Å². The van der Waals surface area contributed by atoms with Crippen LogP contribution in [0.15, 0.2) is 59.7 Å². The van der Waals surface area contributed by atoms with Crippen molar-refractivity contribution in [2.24, 2.45) is 44.3 Å². The molecule has 5 aliphatic carbocycles. The first-order chi connectivity index (χ1) is 25.1. The number of hydrogen-bond acceptors (Lipinski definition) is 6. The summed E-state index contributed by atoms with van der Waals surface area (Å²) in [6.45, 7) is 14.5. The number of carbonyl (C=O) groups excluding carboxylic acids is 3. The van der Waals surface area contributed by atoms with E-state index >= 15 is 0 Å². The van der Waals surface area contributed by atoms with Gasteiger partial charge in [-0.25, -0.2) is 0 Å². The topological polar surface area (TPSA) is 116 Å². The molecule has 54 heavy (non-hydrogen) atoms. The number of amides is 1. The average Bonchev–Trinajstić information content (AvgIpc) is 3.12. The zero-order valence-corrected chi connectivity index (χ0v) is 34.4. The van der Waals surface area contributed by atoms with E-state index in [-0.39, 0.29) is 56.0 Å². The summed E-state index contributed by atoms with van der Waals surface area (Å²) in [4.78, 5) is 42.6. The first-order valence-corrected chi connectivity index (χ1v) is 20.1. The summed E-state index contributed by atoms with van der Waals surface area (Å²) in [6.07, 6.45) is 8.06. The molecule has 0 bridgehead atoms. The predicted molar refractivity (Wildman–Crippen MR) is 210 cm³/mol. The number of para-hydroxylation sites is 1. The summed E-state index contributed by atoms with van der Waals surface area (Å²) in [6, 6.07) is 12.7. The number of benzene rings is 2. The lowest BCUT2D eigenvalue weighted by molar-refractivity contribution is -0.242. The molecule has 7 rings (SSSR count). The molecule has 7 nitrogen and oxygen atoms in total. The smallest absolute Gasteiger partial charge is 0.226 e. The zero-order chi connectivity index (χ0) is 39.4. The van der Waals surface area contributed by atoms with Crippen molar-refractivity contribution in [3.8, 4) is 17.6 Å². The molecule has 0 heterocycles. The van der Waals surface area contributed by atoms with Gasteiger partial charge in [-0.2, -0.15) is 5.26 Å². The Balaban J connectivity index is 1.19. The standard InChI is InChI=1S/C44H49Cl3N2O5/c1-38(2)31-12-13-42(6)32(41(31,5)21-26(23-48)36(38)51)20-34(50)44(53)33-22-40(4,15-14-39(33,3)16-17-43(42,44)7)37(52)49-24-25-10-8-9-11-30(25)54-27-18-28(45)35(47)29(46)19-27/h8-11,18-21,31,33,53H,12-17,22,24H2,1-7H3,(H,49,52)/t31-,33+,39+,40-,41-,42+,43-,44+/m0/s1. The summed E-state index contributed by atoms with van der Waals surface area (Å²) in [7, 11) is 0. The number of rotatable bonds is 5. The highest BCUT2D eigenvalue weighted by molar-refractivity contribution is 6.48. The number of nitrogens with zero attached hydrogens (tertiary/aromatic N) is 1. The Morgan fingerprint density at radius 1 is 0.944 bits per heavy atom. The Morgan fingerprint density at radius 3 is 2.26 bits per heavy atom. The number of ketones is 2. The summed E-state index contributed by atoms with van der Waals surface area (Å²) in [5.74, 6) is -0.240. The first kappa shape index (κ1) is 39.1. The number of aliphatic hydroxyl groups is 1. The van der Waals surface area contributed by atoms with Crippen LogP contribution in [-0.4, -0.2) is 28.2 Å². The van der Waals surface area contributed by atoms with Crippen molar-refractivity contribution in [3.05, 3.63) is 80.3 Å². The average molecular weight is 792 g/mol. The van der Waals surface area contributed by atoms with Crippen LogP contribution in [0, 0.1) is 55.7 Å². The summed E-state index contributed by atoms with van der Waals surface area (Å²) < 4.78 is 6.14. The highest BCUT2D eigenvalue weighted by atomic mass is 35.5. The molecule has 0 spiro atoms. The molecule has 2 aromatic carbocycles. The van der Waals surface area contributed by atoms with Gasteiger partial charge in [-0.05, 0) is 79.4 Å². The maximum absolute atomic E-state index is 14.9. The molecule has 2 aromatic rings. The lowest BCUT2D eigenvalue weighted by atomic mass is 9.33. The third-order valence-electron chi connectivity index (χ3n) is 15.4. The minimum atomic E-state index is -1.72. The fraction of sp³-hybridized carbons (Fsp3) is 0.545. The van der Waals surface area contributed by atoms with Crippen molar-refractivity contribution in [2.45, 2.75) is 106 Å². The van der Waals surface area contributed by atoms with Gasteiger partial charge in [0, 0.05) is 51.8 Å². The number of nitriles is 1. The van der Waals surface area contributed by atoms with Crippen LogP contribution < -0.4 is 10.1 Å². The number of ether oxygens (including phenoxy) is 1. The monoisotopic (exact) mass is 790 g/mol. The molecule has 0 saturated heterocycles. The summed E-state index contributed by atoms with van der Waals surface area (Å²) >= 11 is 18.6. The van der Waals surface area contributed by atoms with Crippen LogP contribution in [0.5, 0.6) is 11.5 Å². The van der Waals surface area contributed by atoms with Gasteiger partial charge in [0.2, 0.25) is 5.91 Å². The number of fused-ring (bicyclic) bond motifs is 7. The van der Waals surface area contributed by atoms with Gasteiger partial charge in [0.15, 0.2) is 11.6 Å². The number of halogens is 3. The van der Waals surface area contributed by atoms with Crippen LogP contribution in [0.4, 0.5) is 0 Å². The van der Waals surface area contributed by atoms with Gasteiger partial charge in [0.05, 0.1) is 20.6 Å². The number of carbonyl (C=O) groups is 3. The second-order valence-electron chi connectivity index (χ2n) is 18.5. The number of hydrogen-bond donors (Lipinski definition) is 2. The fourth-order valence-electron chi connectivity index (χ4n) is 11.8. The minimum absolute atomic E-state index is 0.0932. The van der Waals surface area contributed by atoms with Crippen molar-refractivity contribution >= 4 is 52.3 Å². The van der Waals surface area contributed by atoms with Crippen molar-refractivity contribution in [3.63, 3.8) is 0 Å². The number of allylic oxidation sites excluding steroid dienone is 3. The van der Waals surface area contributed by atoms with Crippen LogP contribution in [-0.2, 0) is 20.9 Å². The Bertz CT molecular complexity index is 2080. The SMILES string of the molecule is CC1(C)C(=O)C(C#N)=C[C@]2(C)C3=CC(=O)[C@]4(O)[C@@H]5C[C@@](C)(C(=O)NCc6ccccc6Oc6cc(Cl)c(Cl)c(Cl)c6)CC[C@]5(C)CC[C@@]4(C)[C@]3(C)CC[C@@H]12. The molecule has 0 aromatic heterocycles. The second kappa shape index (κ2) is 12.7. The van der Waals surface area contributed by atoms with Crippen molar-refractivity contribution in [1.29, 1.82) is 5.26 Å². The van der Waals surface area contributed by atoms with E-state index in [1.807, 2.05) is 45.0 Å². The van der Waals surface area contributed by atoms with Crippen molar-refractivity contribution in [2.75, 3.05) is 0 Å². The van der Waals surface area contributed by atoms with E-state index in [0.29, 0.717) is 43.6 Å². The van der Waals surface area contributed by atoms with E-state index in [1.165, 1.54) is 0 Å². The molecule has 3 saturated carbocycles. The molecule has 2 N–H and O–H groups in total. The quantitative estimate of drug-likeness (QED) is 0.291. The Kier molecular flexibility index (Phi) is 9.18. The summed E-state index contributed by atoms with van der Waals surface area (Å²) in [5.41, 5.74) is -4.02. The zero-order valence-electron chi connectivity index (χ0n) is 32.1. The van der Waals surface area contributed by atoms with Gasteiger partial charge in [-0.1, -0.05) is 108 Å². The van der Waals surface area contributed by atoms with E-state index in [1.54, 1.807) is 24.3 Å². The number of nitrogens with one attached hydrogen (secondary N) is 1. The van der Waals surface area contributed by atoms with Crippen LogP contribution in [0.2, 0.25) is 15.1 Å². The second-order valence-corrected chi connectivity index (χ2v) is 19.7. The Morgan fingerprint density at radius 2 is 1.59 bits per heavy atom. The van der Waals surface area contributed by atoms with E-state index in [4.69, 9.17) is 39.5 Å². The molecule has 5 aliphatic rings. The normalized spacial score (nSPS) is 38.0. The van der Waals surface area contributed by atoms with Gasteiger partial charge in [-0.3, -0.25) is 14.4 Å². The van der Waals surface area contributed by atoms with Crippen LogP contribution in [0.1, 0.15) is 99.0 Å². The van der Waals surface area contributed by atoms with Gasteiger partial charge in [0.1, 0.15) is 23.2 Å². The van der Waals surface area contributed by atoms with Gasteiger partial charge >= 0.3 is 0 Å². The first-order valence-electron chi connectivity index (χ1n) is 19.0. The van der Waals surface area contributed by atoms with E-state index in [2.05, 4.69) is 39.1 Å². The fourth-order valence-corrected chi connectivity index (χ4v) is 12.4. The molecule has 8 atom stereocenters. The van der Waals surface area contributed by atoms with Crippen LogP contribution in [0.25, 0.3) is 0 Å². The molecular formula is C44H49Cl3N2O5. The summed E-state index contributed by atoms with van der Waals surface area (Å²) in [5, 5.41) is 27.2. The van der Waals surface area contributed by atoms with E-state index in [9.17, 15) is 24.8 Å². The Hall–Kier alpha value is -3.15. The lowest BCUT2D eigenvalue weighted by Crippen LogP contribution is -2.74. The minimum Gasteiger partial charge on any atom is -0.457 e. The maximum atomic E-state index is 14.9. The predicted octanol–water partition coefficient (Wildman–Crippen LogP) is 10.4. The highest BCUT2D eigenvalue weighted by Gasteiger charge is 2.75. The van der Waals surface area contributed by atoms with Crippen molar-refractivity contribution in [1.82, 2.24) is 5.32 Å². The van der Waals surface area contributed by atoms with E-state index in [0.717, 1.165) is 24.0 Å². The third kappa shape index (κ3) is 5.33. The van der Waals surface area contributed by atoms with Gasteiger partial charge in [0.25, 0.3) is 0 Å². The Labute approximate surface area is 333 Å². The lowest BCUT2D eigenvalue weighted by Gasteiger charge is -2.71.